The molecule has 1 amide bonds. The molecule has 0 fully saturated rings. The van der Waals surface area contributed by atoms with Gasteiger partial charge in [0.05, 0.1) is 5.56 Å². The molecule has 0 saturated carbocycles. The molecule has 0 unspecified atom stereocenters. The highest BCUT2D eigenvalue weighted by Crippen LogP contribution is 2.23. The van der Waals surface area contributed by atoms with E-state index >= 15 is 0 Å². The van der Waals surface area contributed by atoms with Crippen LogP contribution >= 0.6 is 15.9 Å². The number of aldehydes is 1. The van der Waals surface area contributed by atoms with E-state index < -0.39 is 6.10 Å². The van der Waals surface area contributed by atoms with Gasteiger partial charge in [-0.1, -0.05) is 33.6 Å². The zero-order valence-corrected chi connectivity index (χ0v) is 13.9. The van der Waals surface area contributed by atoms with Crippen LogP contribution in [0.4, 0.5) is 5.69 Å². The summed E-state index contributed by atoms with van der Waals surface area (Å²) in [6.45, 7) is 3.62. The number of benzene rings is 2. The molecule has 2 rings (SSSR count). The number of amides is 1. The third-order valence-electron chi connectivity index (χ3n) is 3.09. The van der Waals surface area contributed by atoms with E-state index in [0.29, 0.717) is 23.3 Å². The average molecular weight is 362 g/mol. The summed E-state index contributed by atoms with van der Waals surface area (Å²) in [5.74, 6) is 0.105. The lowest BCUT2D eigenvalue weighted by molar-refractivity contribution is -0.122. The fraction of sp³-hybridized carbons (Fsp3) is 0.176. The standard InChI is InChI=1S/C17H16BrNO3/c1-11-3-6-15(7-4-11)19-17(21)12(2)22-16-8-5-14(18)9-13(16)10-20/h3-10,12H,1-2H3,(H,19,21)/t12-/m1/s1. The lowest BCUT2D eigenvalue weighted by Gasteiger charge is -2.16. The maximum Gasteiger partial charge on any atom is 0.265 e. The number of carbonyl (C=O) groups is 2. The Bertz CT molecular complexity index is 683. The molecule has 4 nitrogen and oxygen atoms in total. The van der Waals surface area contributed by atoms with Crippen LogP contribution in [-0.2, 0) is 4.79 Å². The van der Waals surface area contributed by atoms with Gasteiger partial charge in [0.1, 0.15) is 5.75 Å². The van der Waals surface area contributed by atoms with Gasteiger partial charge in [0.15, 0.2) is 12.4 Å². The number of aryl methyl sites for hydroxylation is 1. The Labute approximate surface area is 137 Å². The Balaban J connectivity index is 2.05. The van der Waals surface area contributed by atoms with E-state index in [1.165, 1.54) is 0 Å². The second-order valence-electron chi connectivity index (χ2n) is 4.92. The van der Waals surface area contributed by atoms with Gasteiger partial charge in [0, 0.05) is 10.2 Å². The second-order valence-corrected chi connectivity index (χ2v) is 5.83. The van der Waals surface area contributed by atoms with Crippen molar-refractivity contribution >= 4 is 33.8 Å². The Morgan fingerprint density at radius 1 is 1.23 bits per heavy atom. The molecule has 0 aliphatic carbocycles. The number of hydrogen-bond donors (Lipinski definition) is 1. The number of ether oxygens (including phenoxy) is 1. The topological polar surface area (TPSA) is 55.4 Å². The SMILES string of the molecule is Cc1ccc(NC(=O)[C@@H](C)Oc2ccc(Br)cc2C=O)cc1. The van der Waals surface area contributed by atoms with Gasteiger partial charge in [0.25, 0.3) is 5.91 Å². The minimum atomic E-state index is -0.721. The molecule has 0 aliphatic heterocycles. The predicted molar refractivity (Wildman–Crippen MR) is 89.4 cm³/mol. The molecule has 0 heterocycles. The number of rotatable bonds is 5. The Hall–Kier alpha value is -2.14. The first-order chi connectivity index (χ1) is 10.5. The molecule has 0 spiro atoms. The maximum atomic E-state index is 12.1. The molecule has 1 N–H and O–H groups in total. The smallest absolute Gasteiger partial charge is 0.265 e. The zero-order chi connectivity index (χ0) is 16.1. The molecular weight excluding hydrogens is 346 g/mol. The first-order valence-corrected chi connectivity index (χ1v) is 7.58. The second kappa shape index (κ2) is 7.22. The molecule has 2 aromatic carbocycles. The molecule has 5 heteroatoms. The van der Waals surface area contributed by atoms with Crippen LogP contribution in [0.25, 0.3) is 0 Å². The largest absolute Gasteiger partial charge is 0.480 e. The summed E-state index contributed by atoms with van der Waals surface area (Å²) in [5, 5.41) is 2.78. The fourth-order valence-corrected chi connectivity index (χ4v) is 2.22. The minimum Gasteiger partial charge on any atom is -0.480 e. The summed E-state index contributed by atoms with van der Waals surface area (Å²) in [4.78, 5) is 23.2. The van der Waals surface area contributed by atoms with E-state index in [9.17, 15) is 9.59 Å². The van der Waals surface area contributed by atoms with E-state index in [1.807, 2.05) is 31.2 Å². The van der Waals surface area contributed by atoms with Crippen molar-refractivity contribution in [3.05, 3.63) is 58.1 Å². The molecular formula is C17H16BrNO3. The van der Waals surface area contributed by atoms with Gasteiger partial charge in [0.2, 0.25) is 0 Å². The van der Waals surface area contributed by atoms with Gasteiger partial charge in [-0.3, -0.25) is 9.59 Å². The minimum absolute atomic E-state index is 0.274. The van der Waals surface area contributed by atoms with Gasteiger partial charge in [-0.15, -0.1) is 0 Å². The summed E-state index contributed by atoms with van der Waals surface area (Å²) in [7, 11) is 0. The highest BCUT2D eigenvalue weighted by atomic mass is 79.9. The molecule has 1 atom stereocenters. The molecule has 0 saturated heterocycles. The molecule has 22 heavy (non-hydrogen) atoms. The number of hydrogen-bond acceptors (Lipinski definition) is 3. The van der Waals surface area contributed by atoms with Crippen LogP contribution in [-0.4, -0.2) is 18.3 Å². The highest BCUT2D eigenvalue weighted by molar-refractivity contribution is 9.10. The molecule has 0 radical (unpaired) electrons. The molecule has 0 aliphatic rings. The van der Waals surface area contributed by atoms with E-state index in [1.54, 1.807) is 25.1 Å². The monoisotopic (exact) mass is 361 g/mol. The van der Waals surface area contributed by atoms with Crippen LogP contribution in [0.15, 0.2) is 46.9 Å². The normalized spacial score (nSPS) is 11.6. The lowest BCUT2D eigenvalue weighted by Crippen LogP contribution is -2.30. The van der Waals surface area contributed by atoms with Crippen molar-refractivity contribution in [1.82, 2.24) is 0 Å². The van der Waals surface area contributed by atoms with Crippen LogP contribution in [0.5, 0.6) is 5.75 Å². The van der Waals surface area contributed by atoms with Crippen molar-refractivity contribution in [2.24, 2.45) is 0 Å². The third-order valence-corrected chi connectivity index (χ3v) is 3.58. The molecule has 0 aromatic heterocycles. The summed E-state index contributed by atoms with van der Waals surface area (Å²) >= 11 is 3.29. The van der Waals surface area contributed by atoms with Crippen molar-refractivity contribution in [2.45, 2.75) is 20.0 Å². The van der Waals surface area contributed by atoms with Gasteiger partial charge in [-0.25, -0.2) is 0 Å². The fourth-order valence-electron chi connectivity index (χ4n) is 1.84. The van der Waals surface area contributed by atoms with Crippen LogP contribution in [0.1, 0.15) is 22.8 Å². The number of nitrogens with one attached hydrogen (secondary N) is 1. The van der Waals surface area contributed by atoms with Gasteiger partial charge in [-0.05, 0) is 44.2 Å². The number of carbonyl (C=O) groups excluding carboxylic acids is 2. The first kappa shape index (κ1) is 16.2. The Morgan fingerprint density at radius 3 is 2.55 bits per heavy atom. The molecule has 114 valence electrons. The third kappa shape index (κ3) is 4.18. The zero-order valence-electron chi connectivity index (χ0n) is 12.3. The summed E-state index contributed by atoms with van der Waals surface area (Å²) in [6.07, 6.45) is -0.0220. The van der Waals surface area contributed by atoms with Crippen molar-refractivity contribution in [1.29, 1.82) is 0 Å². The Kier molecular flexibility index (Phi) is 5.33. The van der Waals surface area contributed by atoms with Crippen molar-refractivity contribution in [3.63, 3.8) is 0 Å². The van der Waals surface area contributed by atoms with Crippen LogP contribution in [0.3, 0.4) is 0 Å². The lowest BCUT2D eigenvalue weighted by atomic mass is 10.2. The predicted octanol–water partition coefficient (Wildman–Crippen LogP) is 3.98. The average Bonchev–Trinajstić information content (AvgIpc) is 2.51. The number of anilines is 1. The van der Waals surface area contributed by atoms with E-state index in [4.69, 9.17) is 4.74 Å². The van der Waals surface area contributed by atoms with Gasteiger partial charge >= 0.3 is 0 Å². The van der Waals surface area contributed by atoms with Crippen LogP contribution in [0, 0.1) is 6.92 Å². The quantitative estimate of drug-likeness (QED) is 0.819. The summed E-state index contributed by atoms with van der Waals surface area (Å²) in [6, 6.07) is 12.6. The van der Waals surface area contributed by atoms with E-state index in [-0.39, 0.29) is 5.91 Å². The summed E-state index contributed by atoms with van der Waals surface area (Å²) < 4.78 is 6.36. The molecule has 2 aromatic rings. The maximum absolute atomic E-state index is 12.1. The van der Waals surface area contributed by atoms with Crippen molar-refractivity contribution in [2.75, 3.05) is 5.32 Å². The van der Waals surface area contributed by atoms with Crippen molar-refractivity contribution in [3.8, 4) is 5.75 Å². The van der Waals surface area contributed by atoms with Crippen molar-refractivity contribution < 1.29 is 14.3 Å². The highest BCUT2D eigenvalue weighted by Gasteiger charge is 2.16. The van der Waals surface area contributed by atoms with Gasteiger partial charge < -0.3 is 10.1 Å². The van der Waals surface area contributed by atoms with E-state index in [0.717, 1.165) is 10.0 Å². The van der Waals surface area contributed by atoms with E-state index in [2.05, 4.69) is 21.2 Å². The van der Waals surface area contributed by atoms with Crippen LogP contribution < -0.4 is 10.1 Å². The van der Waals surface area contributed by atoms with Crippen LogP contribution in [0.2, 0.25) is 0 Å². The Morgan fingerprint density at radius 2 is 1.91 bits per heavy atom. The molecule has 0 bridgehead atoms. The van der Waals surface area contributed by atoms with Gasteiger partial charge in [-0.2, -0.15) is 0 Å². The first-order valence-electron chi connectivity index (χ1n) is 6.78. The summed E-state index contributed by atoms with van der Waals surface area (Å²) in [5.41, 5.74) is 2.22. The number of halogens is 1.